The topological polar surface area (TPSA) is 76.6 Å². The Labute approximate surface area is 194 Å². The lowest BCUT2D eigenvalue weighted by molar-refractivity contribution is -0.218. The first-order valence-electron chi connectivity index (χ1n) is 12.3. The maximum atomic E-state index is 13.5. The number of amides is 1. The first kappa shape index (κ1) is 20.9. The number of rotatable bonds is 5. The van der Waals surface area contributed by atoms with Gasteiger partial charge in [0.15, 0.2) is 6.29 Å². The summed E-state index contributed by atoms with van der Waals surface area (Å²) in [5.41, 5.74) is 4.25. The standard InChI is InChI=1S/C28H32N2O3/c1-17(24-16-29-25-8-7-20(12-23(24)25)19-5-3-2-4-6-19)9-26(31)30-21-10-18-11-22(30)15-28(13-18,14-21)27(32)33/h2-8,12,16-18,21-22,27,29,32-33H,9-11,13-15H2,1H3. The van der Waals surface area contributed by atoms with Crippen molar-refractivity contribution in [2.24, 2.45) is 11.3 Å². The van der Waals surface area contributed by atoms with E-state index in [0.29, 0.717) is 12.3 Å². The summed E-state index contributed by atoms with van der Waals surface area (Å²) in [6.45, 7) is 2.14. The average Bonchev–Trinajstić information content (AvgIpc) is 3.22. The molecule has 4 bridgehead atoms. The Kier molecular flexibility index (Phi) is 4.89. The zero-order valence-electron chi connectivity index (χ0n) is 19.1. The number of aromatic amines is 1. The van der Waals surface area contributed by atoms with Crippen LogP contribution in [0.25, 0.3) is 22.0 Å². The molecule has 4 aliphatic rings. The summed E-state index contributed by atoms with van der Waals surface area (Å²) in [6.07, 6.45) is 5.64. The highest BCUT2D eigenvalue weighted by molar-refractivity contribution is 5.89. The molecule has 2 saturated heterocycles. The van der Waals surface area contributed by atoms with Crippen molar-refractivity contribution < 1.29 is 15.0 Å². The van der Waals surface area contributed by atoms with Crippen molar-refractivity contribution in [2.45, 2.75) is 69.7 Å². The molecule has 33 heavy (non-hydrogen) atoms. The lowest BCUT2D eigenvalue weighted by Gasteiger charge is -2.62. The first-order chi connectivity index (χ1) is 15.9. The minimum Gasteiger partial charge on any atom is -0.368 e. The Bertz CT molecular complexity index is 1170. The molecule has 2 saturated carbocycles. The Morgan fingerprint density at radius 1 is 1.06 bits per heavy atom. The molecule has 3 unspecified atom stereocenters. The SMILES string of the molecule is CC(CC(=O)N1C2CC3CC1CC(C(O)O)(C3)C2)c1c[nH]c2ccc(-c3ccccc3)cc12. The van der Waals surface area contributed by atoms with Crippen molar-refractivity contribution in [1.82, 2.24) is 9.88 Å². The van der Waals surface area contributed by atoms with Gasteiger partial charge in [0.05, 0.1) is 0 Å². The number of fused-ring (bicyclic) bond motifs is 1. The second-order valence-corrected chi connectivity index (χ2v) is 10.8. The van der Waals surface area contributed by atoms with Crippen molar-refractivity contribution in [3.05, 3.63) is 60.3 Å². The van der Waals surface area contributed by atoms with Crippen molar-refractivity contribution in [3.8, 4) is 11.1 Å². The molecule has 5 nitrogen and oxygen atoms in total. The molecule has 3 heterocycles. The maximum Gasteiger partial charge on any atom is 0.223 e. The zero-order valence-corrected chi connectivity index (χ0v) is 19.1. The van der Waals surface area contributed by atoms with E-state index in [1.54, 1.807) is 0 Å². The van der Waals surface area contributed by atoms with Crippen LogP contribution >= 0.6 is 0 Å². The molecule has 0 radical (unpaired) electrons. The molecule has 1 aromatic heterocycles. The van der Waals surface area contributed by atoms with Gasteiger partial charge in [0.1, 0.15) is 0 Å². The molecular weight excluding hydrogens is 412 g/mol. The molecular formula is C28H32N2O3. The van der Waals surface area contributed by atoms with Gasteiger partial charge in [-0.1, -0.05) is 43.3 Å². The number of piperidine rings is 2. The minimum atomic E-state index is -1.27. The van der Waals surface area contributed by atoms with Crippen molar-refractivity contribution in [2.75, 3.05) is 0 Å². The Hall–Kier alpha value is -2.63. The smallest absolute Gasteiger partial charge is 0.223 e. The largest absolute Gasteiger partial charge is 0.368 e. The van der Waals surface area contributed by atoms with E-state index in [1.165, 1.54) is 22.1 Å². The van der Waals surface area contributed by atoms with Crippen LogP contribution in [0.3, 0.4) is 0 Å². The van der Waals surface area contributed by atoms with Crippen LogP contribution in [0, 0.1) is 11.3 Å². The predicted molar refractivity (Wildman–Crippen MR) is 128 cm³/mol. The molecule has 0 spiro atoms. The molecule has 172 valence electrons. The highest BCUT2D eigenvalue weighted by Gasteiger charge is 2.58. The van der Waals surface area contributed by atoms with E-state index in [9.17, 15) is 15.0 Å². The van der Waals surface area contributed by atoms with E-state index in [1.807, 2.05) is 6.07 Å². The number of nitrogens with one attached hydrogen (secondary N) is 1. The van der Waals surface area contributed by atoms with Gasteiger partial charge in [-0.15, -0.1) is 0 Å². The van der Waals surface area contributed by atoms with Gasteiger partial charge in [-0.2, -0.15) is 0 Å². The fourth-order valence-corrected chi connectivity index (χ4v) is 7.25. The monoisotopic (exact) mass is 444 g/mol. The summed E-state index contributed by atoms with van der Waals surface area (Å²) in [5.74, 6) is 0.843. The van der Waals surface area contributed by atoms with E-state index >= 15 is 0 Å². The van der Waals surface area contributed by atoms with Gasteiger partial charge in [0, 0.05) is 41.0 Å². The number of hydrogen-bond acceptors (Lipinski definition) is 3. The first-order valence-corrected chi connectivity index (χ1v) is 12.3. The Morgan fingerprint density at radius 3 is 2.48 bits per heavy atom. The molecule has 3 atom stereocenters. The molecule has 3 aromatic rings. The van der Waals surface area contributed by atoms with Crippen molar-refractivity contribution in [3.63, 3.8) is 0 Å². The third kappa shape index (κ3) is 3.41. The molecule has 3 N–H and O–H groups in total. The fourth-order valence-electron chi connectivity index (χ4n) is 7.25. The third-order valence-electron chi connectivity index (χ3n) is 8.65. The van der Waals surface area contributed by atoms with Crippen molar-refractivity contribution >= 4 is 16.8 Å². The van der Waals surface area contributed by atoms with Crippen LogP contribution in [0.2, 0.25) is 0 Å². The molecule has 5 heteroatoms. The Balaban J connectivity index is 1.23. The van der Waals surface area contributed by atoms with Gasteiger partial charge in [-0.05, 0) is 72.8 Å². The fraction of sp³-hybridized carbons (Fsp3) is 0.464. The number of nitrogens with zero attached hydrogens (tertiary/aromatic N) is 1. The molecule has 7 rings (SSSR count). The number of carbonyl (C=O) groups is 1. The second-order valence-electron chi connectivity index (χ2n) is 10.8. The van der Waals surface area contributed by atoms with Crippen LogP contribution in [-0.2, 0) is 4.79 Å². The number of aromatic nitrogens is 1. The summed E-state index contributed by atoms with van der Waals surface area (Å²) in [5, 5.41) is 21.3. The van der Waals surface area contributed by atoms with E-state index in [2.05, 4.69) is 65.5 Å². The van der Waals surface area contributed by atoms with E-state index in [4.69, 9.17) is 0 Å². The van der Waals surface area contributed by atoms with Gasteiger partial charge < -0.3 is 20.1 Å². The lowest BCUT2D eigenvalue weighted by Crippen LogP contribution is -2.65. The number of hydrogen-bond donors (Lipinski definition) is 3. The summed E-state index contributed by atoms with van der Waals surface area (Å²) in [4.78, 5) is 19.0. The maximum absolute atomic E-state index is 13.5. The summed E-state index contributed by atoms with van der Waals surface area (Å²) in [6, 6.07) is 17.2. The normalized spacial score (nSPS) is 29.2. The number of aliphatic hydroxyl groups is 2. The van der Waals surface area contributed by atoms with Crippen LogP contribution in [-0.4, -0.2) is 44.4 Å². The minimum absolute atomic E-state index is 0.104. The second kappa shape index (κ2) is 7.71. The van der Waals surface area contributed by atoms with Crippen LogP contribution in [0.5, 0.6) is 0 Å². The number of carbonyl (C=O) groups excluding carboxylic acids is 1. The highest BCUT2D eigenvalue weighted by atomic mass is 16.5. The van der Waals surface area contributed by atoms with Crippen LogP contribution in [0.15, 0.2) is 54.7 Å². The molecule has 2 aromatic carbocycles. The number of aliphatic hydroxyl groups excluding tert-OH is 1. The highest BCUT2D eigenvalue weighted by Crippen LogP contribution is 2.57. The van der Waals surface area contributed by atoms with Crippen LogP contribution in [0.1, 0.15) is 56.9 Å². The summed E-state index contributed by atoms with van der Waals surface area (Å²) in [7, 11) is 0. The van der Waals surface area contributed by atoms with Gasteiger partial charge in [0.25, 0.3) is 0 Å². The molecule has 4 fully saturated rings. The number of H-pyrrole nitrogens is 1. The summed E-state index contributed by atoms with van der Waals surface area (Å²) < 4.78 is 0. The zero-order chi connectivity index (χ0) is 22.7. The average molecular weight is 445 g/mol. The molecule has 2 aliphatic heterocycles. The van der Waals surface area contributed by atoms with Gasteiger partial charge in [0.2, 0.25) is 5.91 Å². The third-order valence-corrected chi connectivity index (χ3v) is 8.65. The lowest BCUT2D eigenvalue weighted by atomic mass is 9.55. The van der Waals surface area contributed by atoms with Gasteiger partial charge >= 0.3 is 0 Å². The molecule has 2 aliphatic carbocycles. The van der Waals surface area contributed by atoms with E-state index in [-0.39, 0.29) is 23.9 Å². The van der Waals surface area contributed by atoms with E-state index in [0.717, 1.165) is 37.6 Å². The van der Waals surface area contributed by atoms with Gasteiger partial charge in [-0.3, -0.25) is 4.79 Å². The van der Waals surface area contributed by atoms with E-state index < -0.39 is 11.7 Å². The predicted octanol–water partition coefficient (Wildman–Crippen LogP) is 4.80. The molecule has 1 amide bonds. The summed E-state index contributed by atoms with van der Waals surface area (Å²) >= 11 is 0. The van der Waals surface area contributed by atoms with Gasteiger partial charge in [-0.25, -0.2) is 0 Å². The van der Waals surface area contributed by atoms with Crippen LogP contribution in [0.4, 0.5) is 0 Å². The quantitative estimate of drug-likeness (QED) is 0.495. The Morgan fingerprint density at radius 2 is 1.79 bits per heavy atom. The van der Waals surface area contributed by atoms with Crippen LogP contribution < -0.4 is 0 Å². The number of benzene rings is 2. The van der Waals surface area contributed by atoms with Crippen molar-refractivity contribution in [1.29, 1.82) is 0 Å².